The number of nitrogens with zero attached hydrogens (tertiary/aromatic N) is 1. The topological polar surface area (TPSA) is 97.1 Å². The largest absolute Gasteiger partial charge is 0.332 e. The number of benzene rings is 1. The molecular weight excluding hydrogens is 296 g/mol. The summed E-state index contributed by atoms with van der Waals surface area (Å²) in [5, 5.41) is 14.1. The zero-order chi connectivity index (χ0) is 14.6. The third-order valence-electron chi connectivity index (χ3n) is 2.54. The minimum atomic E-state index is -3.65. The number of sulfonamides is 1. The van der Waals surface area contributed by atoms with Crippen molar-refractivity contribution < 1.29 is 8.42 Å². The average molecular weight is 312 g/mol. The van der Waals surface area contributed by atoms with E-state index in [2.05, 4.69) is 15.6 Å². The summed E-state index contributed by atoms with van der Waals surface area (Å²) in [4.78, 5) is 4.51. The number of anilines is 2. The van der Waals surface area contributed by atoms with Gasteiger partial charge in [0, 0.05) is 17.6 Å². The van der Waals surface area contributed by atoms with Crippen LogP contribution < -0.4 is 15.8 Å². The third kappa shape index (κ3) is 4.01. The summed E-state index contributed by atoms with van der Waals surface area (Å²) in [6.45, 7) is 3.67. The van der Waals surface area contributed by atoms with Gasteiger partial charge in [-0.2, -0.15) is 0 Å². The van der Waals surface area contributed by atoms with Gasteiger partial charge in [-0.25, -0.2) is 18.5 Å². The second-order valence-corrected chi connectivity index (χ2v) is 6.54. The summed E-state index contributed by atoms with van der Waals surface area (Å²) in [6.07, 6.45) is 0. The minimum Gasteiger partial charge on any atom is -0.332 e. The molecule has 0 amide bonds. The van der Waals surface area contributed by atoms with Gasteiger partial charge in [0.25, 0.3) is 0 Å². The first kappa shape index (κ1) is 14.9. The van der Waals surface area contributed by atoms with Crippen LogP contribution in [0, 0.1) is 0 Å². The van der Waals surface area contributed by atoms with Crippen molar-refractivity contribution >= 4 is 32.2 Å². The van der Waals surface area contributed by atoms with Crippen LogP contribution in [-0.4, -0.2) is 19.9 Å². The quantitative estimate of drug-likeness (QED) is 0.753. The molecule has 6 nitrogen and oxygen atoms in total. The normalized spacial score (nSPS) is 11.5. The van der Waals surface area contributed by atoms with Gasteiger partial charge >= 0.3 is 0 Å². The first-order valence-electron chi connectivity index (χ1n) is 6.04. The molecular formula is C12H16N4O2S2. The fraction of sp³-hybridized carbons (Fsp3) is 0.250. The van der Waals surface area contributed by atoms with Crippen molar-refractivity contribution in [2.24, 2.45) is 5.14 Å². The molecule has 2 rings (SSSR count). The molecule has 0 aliphatic rings. The van der Waals surface area contributed by atoms with Crippen molar-refractivity contribution in [3.8, 4) is 0 Å². The predicted molar refractivity (Wildman–Crippen MR) is 80.6 cm³/mol. The van der Waals surface area contributed by atoms with Gasteiger partial charge in [-0.05, 0) is 30.8 Å². The maximum atomic E-state index is 11.1. The van der Waals surface area contributed by atoms with Crippen molar-refractivity contribution in [2.45, 2.75) is 18.4 Å². The Balaban J connectivity index is 2.05. The molecule has 0 aliphatic carbocycles. The van der Waals surface area contributed by atoms with Crippen molar-refractivity contribution in [1.82, 2.24) is 10.3 Å². The number of thiazole rings is 1. The highest BCUT2D eigenvalue weighted by molar-refractivity contribution is 7.89. The number of rotatable bonds is 6. The van der Waals surface area contributed by atoms with Crippen molar-refractivity contribution in [3.05, 3.63) is 35.3 Å². The summed E-state index contributed by atoms with van der Waals surface area (Å²) < 4.78 is 22.3. The van der Waals surface area contributed by atoms with Gasteiger partial charge in [0.05, 0.1) is 10.6 Å². The molecule has 0 aliphatic heterocycles. The lowest BCUT2D eigenvalue weighted by Crippen LogP contribution is -2.12. The summed E-state index contributed by atoms with van der Waals surface area (Å²) in [6, 6.07) is 6.24. The molecule has 1 aromatic heterocycles. The number of primary sulfonamides is 1. The molecule has 0 atom stereocenters. The van der Waals surface area contributed by atoms with Gasteiger partial charge in [-0.3, -0.25) is 0 Å². The molecule has 20 heavy (non-hydrogen) atoms. The molecule has 1 aromatic carbocycles. The summed E-state index contributed by atoms with van der Waals surface area (Å²) in [5.74, 6) is 0. The Morgan fingerprint density at radius 3 is 2.60 bits per heavy atom. The van der Waals surface area contributed by atoms with Crippen molar-refractivity contribution in [3.63, 3.8) is 0 Å². The zero-order valence-electron chi connectivity index (χ0n) is 11.0. The Kier molecular flexibility index (Phi) is 4.71. The van der Waals surface area contributed by atoms with E-state index in [0.717, 1.165) is 29.6 Å². The zero-order valence-corrected chi connectivity index (χ0v) is 12.6. The first-order valence-corrected chi connectivity index (χ1v) is 8.46. The average Bonchev–Trinajstić information content (AvgIpc) is 2.83. The SMILES string of the molecule is CCNCc1csc(Nc2ccc(S(N)(=O)=O)cc2)n1. The van der Waals surface area contributed by atoms with Crippen LogP contribution in [0.1, 0.15) is 12.6 Å². The molecule has 0 radical (unpaired) electrons. The molecule has 2 aromatic rings. The molecule has 0 spiro atoms. The van der Waals surface area contributed by atoms with Crippen LogP contribution in [0.25, 0.3) is 0 Å². The Morgan fingerprint density at radius 2 is 2.00 bits per heavy atom. The smallest absolute Gasteiger partial charge is 0.238 e. The van der Waals surface area contributed by atoms with Crippen LogP contribution in [0.4, 0.5) is 10.8 Å². The Labute approximate surface area is 122 Å². The number of nitrogens with one attached hydrogen (secondary N) is 2. The summed E-state index contributed by atoms with van der Waals surface area (Å²) in [7, 11) is -3.65. The van der Waals surface area contributed by atoms with Gasteiger partial charge in [0.2, 0.25) is 10.0 Å². The molecule has 0 unspecified atom stereocenters. The molecule has 4 N–H and O–H groups in total. The lowest BCUT2D eigenvalue weighted by Gasteiger charge is -2.03. The molecule has 108 valence electrons. The molecule has 8 heteroatoms. The monoisotopic (exact) mass is 312 g/mol. The Morgan fingerprint density at radius 1 is 1.30 bits per heavy atom. The number of nitrogens with two attached hydrogens (primary N) is 1. The first-order chi connectivity index (χ1) is 9.49. The number of aromatic nitrogens is 1. The predicted octanol–water partition coefficient (Wildman–Crippen LogP) is 1.64. The third-order valence-corrected chi connectivity index (χ3v) is 4.28. The van der Waals surface area contributed by atoms with E-state index in [1.807, 2.05) is 12.3 Å². The lowest BCUT2D eigenvalue weighted by atomic mass is 10.3. The second-order valence-electron chi connectivity index (χ2n) is 4.12. The van der Waals surface area contributed by atoms with E-state index in [1.54, 1.807) is 12.1 Å². The van der Waals surface area contributed by atoms with Gasteiger partial charge in [0.1, 0.15) is 0 Å². The molecule has 0 saturated heterocycles. The van der Waals surface area contributed by atoms with E-state index in [9.17, 15) is 8.42 Å². The maximum Gasteiger partial charge on any atom is 0.238 e. The summed E-state index contributed by atoms with van der Waals surface area (Å²) in [5.41, 5.74) is 1.74. The van der Waals surface area contributed by atoms with Crippen LogP contribution in [0.3, 0.4) is 0 Å². The van der Waals surface area contributed by atoms with Gasteiger partial charge < -0.3 is 10.6 Å². The highest BCUT2D eigenvalue weighted by Gasteiger charge is 2.07. The van der Waals surface area contributed by atoms with Gasteiger partial charge in [0.15, 0.2) is 5.13 Å². The Hall–Kier alpha value is -1.48. The minimum absolute atomic E-state index is 0.0926. The maximum absolute atomic E-state index is 11.1. The second kappa shape index (κ2) is 6.31. The standard InChI is InChI=1S/C12H16N4O2S2/c1-2-14-7-10-8-19-12(16-10)15-9-3-5-11(6-4-9)20(13,17)18/h3-6,8,14H,2,7H2,1H3,(H,15,16)(H2,13,17,18). The fourth-order valence-corrected chi connectivity index (χ4v) is 2.80. The molecule has 0 fully saturated rings. The number of hydrogen-bond donors (Lipinski definition) is 3. The van der Waals surface area contributed by atoms with Crippen LogP contribution in [0.5, 0.6) is 0 Å². The van der Waals surface area contributed by atoms with E-state index in [-0.39, 0.29) is 4.90 Å². The van der Waals surface area contributed by atoms with Crippen LogP contribution in [0.15, 0.2) is 34.5 Å². The number of hydrogen-bond acceptors (Lipinski definition) is 6. The molecule has 0 saturated carbocycles. The highest BCUT2D eigenvalue weighted by Crippen LogP contribution is 2.21. The fourth-order valence-electron chi connectivity index (χ4n) is 1.55. The van der Waals surface area contributed by atoms with E-state index in [4.69, 9.17) is 5.14 Å². The van der Waals surface area contributed by atoms with E-state index >= 15 is 0 Å². The summed E-state index contributed by atoms with van der Waals surface area (Å²) >= 11 is 1.50. The van der Waals surface area contributed by atoms with Crippen LogP contribution in [-0.2, 0) is 16.6 Å². The van der Waals surface area contributed by atoms with E-state index < -0.39 is 10.0 Å². The van der Waals surface area contributed by atoms with Crippen molar-refractivity contribution in [2.75, 3.05) is 11.9 Å². The van der Waals surface area contributed by atoms with Crippen molar-refractivity contribution in [1.29, 1.82) is 0 Å². The Bertz CT molecular complexity index is 665. The van der Waals surface area contributed by atoms with E-state index in [1.165, 1.54) is 23.5 Å². The molecule has 0 bridgehead atoms. The van der Waals surface area contributed by atoms with Crippen LogP contribution >= 0.6 is 11.3 Å². The van der Waals surface area contributed by atoms with E-state index in [0.29, 0.717) is 0 Å². The van der Waals surface area contributed by atoms with Crippen LogP contribution in [0.2, 0.25) is 0 Å². The van der Waals surface area contributed by atoms with Gasteiger partial charge in [-0.1, -0.05) is 6.92 Å². The lowest BCUT2D eigenvalue weighted by molar-refractivity contribution is 0.598. The molecule has 1 heterocycles. The highest BCUT2D eigenvalue weighted by atomic mass is 32.2. The van der Waals surface area contributed by atoms with Gasteiger partial charge in [-0.15, -0.1) is 11.3 Å².